The van der Waals surface area contributed by atoms with Crippen LogP contribution in [0.25, 0.3) is 0 Å². The average Bonchev–Trinajstić information content (AvgIpc) is 2.69. The number of rotatable bonds is 9. The minimum absolute atomic E-state index is 0.696. The first-order valence-corrected chi connectivity index (χ1v) is 7.54. The number of nitrogens with one attached hydrogen (secondary N) is 1. The third-order valence-corrected chi connectivity index (χ3v) is 3.81. The van der Waals surface area contributed by atoms with E-state index in [-0.39, 0.29) is 0 Å². The molecule has 1 unspecified atom stereocenters. The maximum absolute atomic E-state index is 5.06. The number of methoxy groups -OCH3 is 1. The molecule has 1 aromatic heterocycles. The van der Waals surface area contributed by atoms with Crippen molar-refractivity contribution in [3.8, 4) is 0 Å². The molecule has 0 saturated carbocycles. The van der Waals surface area contributed by atoms with E-state index in [9.17, 15) is 0 Å². The van der Waals surface area contributed by atoms with Crippen LogP contribution in [0.4, 0.5) is 0 Å². The Balaban J connectivity index is 2.39. The van der Waals surface area contributed by atoms with Gasteiger partial charge in [0.1, 0.15) is 0 Å². The summed E-state index contributed by atoms with van der Waals surface area (Å²) >= 11 is 1.82. The lowest BCUT2D eigenvalue weighted by Gasteiger charge is -2.18. The highest BCUT2D eigenvalue weighted by Crippen LogP contribution is 2.20. The van der Waals surface area contributed by atoms with E-state index in [4.69, 9.17) is 4.74 Å². The molecule has 0 saturated heterocycles. The molecule has 0 radical (unpaired) electrons. The van der Waals surface area contributed by atoms with Gasteiger partial charge >= 0.3 is 0 Å². The molecule has 0 aliphatic rings. The van der Waals surface area contributed by atoms with E-state index < -0.39 is 0 Å². The number of thiazole rings is 1. The Morgan fingerprint density at radius 3 is 2.78 bits per heavy atom. The molecular weight excluding hydrogens is 244 g/mol. The van der Waals surface area contributed by atoms with Crippen LogP contribution in [-0.2, 0) is 11.2 Å². The van der Waals surface area contributed by atoms with Gasteiger partial charge in [-0.05, 0) is 38.1 Å². The van der Waals surface area contributed by atoms with E-state index >= 15 is 0 Å². The molecule has 1 aromatic rings. The summed E-state index contributed by atoms with van der Waals surface area (Å²) < 4.78 is 5.06. The average molecular weight is 270 g/mol. The van der Waals surface area contributed by atoms with Crippen molar-refractivity contribution in [3.63, 3.8) is 0 Å². The quantitative estimate of drug-likeness (QED) is 0.701. The maximum Gasteiger partial charge on any atom is 0.0896 e. The van der Waals surface area contributed by atoms with Crippen LogP contribution in [0, 0.1) is 18.8 Å². The highest BCUT2D eigenvalue weighted by atomic mass is 32.1. The Labute approximate surface area is 115 Å². The van der Waals surface area contributed by atoms with Gasteiger partial charge in [-0.25, -0.2) is 4.98 Å². The van der Waals surface area contributed by atoms with Crippen molar-refractivity contribution in [2.45, 2.75) is 33.6 Å². The molecule has 0 aromatic carbocycles. The number of nitrogens with zero attached hydrogens (tertiary/aromatic N) is 1. The third-order valence-electron chi connectivity index (χ3n) is 2.88. The normalized spacial score (nSPS) is 13.2. The first-order valence-electron chi connectivity index (χ1n) is 6.72. The number of aromatic nitrogens is 1. The van der Waals surface area contributed by atoms with E-state index in [0.717, 1.165) is 32.0 Å². The molecule has 3 nitrogen and oxygen atoms in total. The highest BCUT2D eigenvalue weighted by molar-refractivity contribution is 7.11. The van der Waals surface area contributed by atoms with Crippen molar-refractivity contribution in [2.24, 2.45) is 11.8 Å². The lowest BCUT2D eigenvalue weighted by atomic mass is 9.93. The van der Waals surface area contributed by atoms with Crippen LogP contribution >= 0.6 is 11.3 Å². The van der Waals surface area contributed by atoms with Crippen molar-refractivity contribution < 1.29 is 4.74 Å². The van der Waals surface area contributed by atoms with E-state index in [1.54, 1.807) is 7.11 Å². The minimum atomic E-state index is 0.696. The summed E-state index contributed by atoms with van der Waals surface area (Å²) in [6, 6.07) is 0. The van der Waals surface area contributed by atoms with Crippen molar-refractivity contribution in [1.29, 1.82) is 0 Å². The van der Waals surface area contributed by atoms with Crippen LogP contribution < -0.4 is 5.32 Å². The molecule has 1 N–H and O–H groups in total. The molecule has 1 rings (SSSR count). The fraction of sp³-hybridized carbons (Fsp3) is 0.786. The van der Waals surface area contributed by atoms with Crippen molar-refractivity contribution >= 4 is 11.3 Å². The van der Waals surface area contributed by atoms with E-state index in [1.165, 1.54) is 16.3 Å². The summed E-state index contributed by atoms with van der Waals surface area (Å²) in [5.74, 6) is 1.44. The monoisotopic (exact) mass is 270 g/mol. The van der Waals surface area contributed by atoms with Crippen LogP contribution in [0.15, 0.2) is 6.20 Å². The number of hydrogen-bond acceptors (Lipinski definition) is 4. The second kappa shape index (κ2) is 8.62. The summed E-state index contributed by atoms with van der Waals surface area (Å²) in [7, 11) is 1.74. The standard InChI is InChI=1S/C14H26N2OS/c1-11(2)7-13(9-15-5-6-17-4)8-14-10-16-12(3)18-14/h10-11,13,15H,5-9H2,1-4H3. The molecule has 0 aliphatic heterocycles. The molecule has 18 heavy (non-hydrogen) atoms. The molecule has 4 heteroatoms. The zero-order valence-electron chi connectivity index (χ0n) is 12.0. The second-order valence-electron chi connectivity index (χ2n) is 5.24. The Bertz CT molecular complexity index is 325. The molecular formula is C14H26N2OS. The lowest BCUT2D eigenvalue weighted by Crippen LogP contribution is -2.28. The molecule has 0 fully saturated rings. The fourth-order valence-corrected chi connectivity index (χ4v) is 3.08. The van der Waals surface area contributed by atoms with Gasteiger partial charge in [0.25, 0.3) is 0 Å². The predicted octanol–water partition coefficient (Wildman–Crippen LogP) is 2.89. The molecule has 104 valence electrons. The first kappa shape index (κ1) is 15.6. The van der Waals surface area contributed by atoms with E-state index in [2.05, 4.69) is 31.1 Å². The number of aryl methyl sites for hydroxylation is 1. The summed E-state index contributed by atoms with van der Waals surface area (Å²) in [5.41, 5.74) is 0. The topological polar surface area (TPSA) is 34.1 Å². The van der Waals surface area contributed by atoms with E-state index in [0.29, 0.717) is 5.92 Å². The van der Waals surface area contributed by atoms with Crippen LogP contribution in [0.3, 0.4) is 0 Å². The summed E-state index contributed by atoms with van der Waals surface area (Å²) in [6.45, 7) is 9.45. The largest absolute Gasteiger partial charge is 0.383 e. The van der Waals surface area contributed by atoms with E-state index in [1.807, 2.05) is 17.5 Å². The van der Waals surface area contributed by atoms with Gasteiger partial charge in [0, 0.05) is 24.7 Å². The van der Waals surface area contributed by atoms with Gasteiger partial charge in [-0.3, -0.25) is 0 Å². The third kappa shape index (κ3) is 6.47. The molecule has 1 atom stereocenters. The minimum Gasteiger partial charge on any atom is -0.383 e. The van der Waals surface area contributed by atoms with Crippen LogP contribution in [-0.4, -0.2) is 31.8 Å². The predicted molar refractivity (Wildman–Crippen MR) is 78.2 cm³/mol. The Morgan fingerprint density at radius 2 is 2.22 bits per heavy atom. The summed E-state index contributed by atoms with van der Waals surface area (Å²) in [6.07, 6.45) is 4.43. The number of hydrogen-bond donors (Lipinski definition) is 1. The SMILES string of the molecule is COCCNCC(Cc1cnc(C)s1)CC(C)C. The molecule has 0 spiro atoms. The van der Waals surface area contributed by atoms with Crippen molar-refractivity contribution in [1.82, 2.24) is 10.3 Å². The molecule has 1 heterocycles. The van der Waals surface area contributed by atoms with Crippen LogP contribution in [0.1, 0.15) is 30.2 Å². The summed E-state index contributed by atoms with van der Waals surface area (Å²) in [4.78, 5) is 5.75. The van der Waals surface area contributed by atoms with Gasteiger partial charge in [0.15, 0.2) is 0 Å². The maximum atomic E-state index is 5.06. The van der Waals surface area contributed by atoms with Gasteiger partial charge in [0.05, 0.1) is 11.6 Å². The first-order chi connectivity index (χ1) is 8.61. The Hall–Kier alpha value is -0.450. The molecule has 0 amide bonds. The Morgan fingerprint density at radius 1 is 1.44 bits per heavy atom. The van der Waals surface area contributed by atoms with Crippen molar-refractivity contribution in [3.05, 3.63) is 16.1 Å². The van der Waals surface area contributed by atoms with Crippen LogP contribution in [0.5, 0.6) is 0 Å². The molecule has 0 bridgehead atoms. The highest BCUT2D eigenvalue weighted by Gasteiger charge is 2.13. The fourth-order valence-electron chi connectivity index (χ4n) is 2.17. The summed E-state index contributed by atoms with van der Waals surface area (Å²) in [5, 5.41) is 4.65. The molecule has 0 aliphatic carbocycles. The van der Waals surface area contributed by atoms with Gasteiger partial charge in [-0.15, -0.1) is 11.3 Å². The smallest absolute Gasteiger partial charge is 0.0896 e. The second-order valence-corrected chi connectivity index (χ2v) is 6.56. The Kier molecular flexibility index (Phi) is 7.47. The van der Waals surface area contributed by atoms with Crippen LogP contribution in [0.2, 0.25) is 0 Å². The van der Waals surface area contributed by atoms with Gasteiger partial charge in [0.2, 0.25) is 0 Å². The van der Waals surface area contributed by atoms with Gasteiger partial charge < -0.3 is 10.1 Å². The van der Waals surface area contributed by atoms with Gasteiger partial charge in [-0.2, -0.15) is 0 Å². The van der Waals surface area contributed by atoms with Gasteiger partial charge in [-0.1, -0.05) is 13.8 Å². The number of ether oxygens (including phenoxy) is 1. The lowest BCUT2D eigenvalue weighted by molar-refractivity contribution is 0.197. The zero-order chi connectivity index (χ0) is 13.4. The zero-order valence-corrected chi connectivity index (χ0v) is 12.8. The van der Waals surface area contributed by atoms with Crippen molar-refractivity contribution in [2.75, 3.05) is 26.8 Å².